The predicted octanol–water partition coefficient (Wildman–Crippen LogP) is 1.70. The van der Waals surface area contributed by atoms with Crippen LogP contribution in [0.4, 0.5) is 5.69 Å². The molecule has 0 saturated carbocycles. The van der Waals surface area contributed by atoms with Gasteiger partial charge in [0.2, 0.25) is 0 Å². The van der Waals surface area contributed by atoms with Crippen LogP contribution in [0.1, 0.15) is 12.8 Å². The molecule has 1 aromatic rings. The maximum atomic E-state index is 9.45. The zero-order valence-electron chi connectivity index (χ0n) is 9.19. The quantitative estimate of drug-likeness (QED) is 0.802. The number of ether oxygens (including phenoxy) is 1. The summed E-state index contributed by atoms with van der Waals surface area (Å²) in [7, 11) is 1.62. The molecule has 1 aromatic heterocycles. The third kappa shape index (κ3) is 2.39. The lowest BCUT2D eigenvalue weighted by Crippen LogP contribution is -2.36. The summed E-state index contributed by atoms with van der Waals surface area (Å²) < 4.78 is 5.28. The topological polar surface area (TPSA) is 45.6 Å². The van der Waals surface area contributed by atoms with Gasteiger partial charge in [-0.2, -0.15) is 0 Å². The summed E-state index contributed by atoms with van der Waals surface area (Å²) in [4.78, 5) is 6.22. The Labute approximate surface area is 99.8 Å². The molecule has 2 rings (SSSR count). The number of aromatic nitrogens is 1. The highest BCUT2D eigenvalue weighted by Crippen LogP contribution is 2.31. The van der Waals surface area contributed by atoms with E-state index in [9.17, 15) is 5.11 Å². The van der Waals surface area contributed by atoms with E-state index >= 15 is 0 Å². The number of methoxy groups -OCH3 is 1. The van der Waals surface area contributed by atoms with Crippen LogP contribution >= 0.6 is 11.6 Å². The Morgan fingerprint density at radius 1 is 1.50 bits per heavy atom. The Morgan fingerprint density at radius 3 is 2.81 bits per heavy atom. The van der Waals surface area contributed by atoms with Crippen LogP contribution in [0.15, 0.2) is 12.3 Å². The van der Waals surface area contributed by atoms with Crippen LogP contribution in [-0.4, -0.2) is 36.4 Å². The molecule has 0 unspecified atom stereocenters. The summed E-state index contributed by atoms with van der Waals surface area (Å²) in [6, 6.07) is 1.71. The number of nitrogens with zero attached hydrogens (tertiary/aromatic N) is 2. The van der Waals surface area contributed by atoms with E-state index in [4.69, 9.17) is 16.3 Å². The molecule has 0 spiro atoms. The second-order valence-corrected chi connectivity index (χ2v) is 4.28. The normalized spacial score (nSPS) is 17.6. The Bertz CT molecular complexity index is 365. The Kier molecular flexibility index (Phi) is 3.51. The maximum Gasteiger partial charge on any atom is 0.146 e. The van der Waals surface area contributed by atoms with Crippen LogP contribution in [0, 0.1) is 0 Å². The van der Waals surface area contributed by atoms with Gasteiger partial charge in [-0.25, -0.2) is 4.98 Å². The van der Waals surface area contributed by atoms with Gasteiger partial charge >= 0.3 is 0 Å². The lowest BCUT2D eigenvalue weighted by Gasteiger charge is -2.32. The number of hydrogen-bond acceptors (Lipinski definition) is 4. The van der Waals surface area contributed by atoms with Crippen molar-refractivity contribution in [3.8, 4) is 5.75 Å². The van der Waals surface area contributed by atoms with Crippen molar-refractivity contribution in [3.63, 3.8) is 0 Å². The number of anilines is 1. The molecule has 5 heteroatoms. The van der Waals surface area contributed by atoms with E-state index in [-0.39, 0.29) is 6.10 Å². The molecule has 0 aliphatic carbocycles. The first-order valence-electron chi connectivity index (χ1n) is 5.33. The van der Waals surface area contributed by atoms with Gasteiger partial charge in [0, 0.05) is 19.2 Å². The molecule has 88 valence electrons. The SMILES string of the molecule is COc1cc(Cl)ncc1N1CCC(O)CC1. The lowest BCUT2D eigenvalue weighted by molar-refractivity contribution is 0.145. The van der Waals surface area contributed by atoms with E-state index in [1.165, 1.54) is 0 Å². The smallest absolute Gasteiger partial charge is 0.146 e. The first-order chi connectivity index (χ1) is 7.70. The van der Waals surface area contributed by atoms with Crippen LogP contribution in [0.3, 0.4) is 0 Å². The van der Waals surface area contributed by atoms with Gasteiger partial charge in [0.15, 0.2) is 0 Å². The zero-order valence-corrected chi connectivity index (χ0v) is 9.94. The van der Waals surface area contributed by atoms with E-state index in [1.54, 1.807) is 19.4 Å². The average molecular weight is 243 g/mol. The van der Waals surface area contributed by atoms with Gasteiger partial charge in [-0.15, -0.1) is 0 Å². The average Bonchev–Trinajstić information content (AvgIpc) is 2.30. The fourth-order valence-corrected chi connectivity index (χ4v) is 2.06. The minimum Gasteiger partial charge on any atom is -0.494 e. The number of pyridine rings is 1. The van der Waals surface area contributed by atoms with E-state index in [1.807, 2.05) is 0 Å². The molecule has 0 bridgehead atoms. The van der Waals surface area contributed by atoms with Gasteiger partial charge in [-0.3, -0.25) is 0 Å². The molecule has 4 nitrogen and oxygen atoms in total. The number of piperidine rings is 1. The van der Waals surface area contributed by atoms with Crippen LogP contribution < -0.4 is 9.64 Å². The van der Waals surface area contributed by atoms with Crippen molar-refractivity contribution < 1.29 is 9.84 Å². The van der Waals surface area contributed by atoms with Crippen LogP contribution in [0.2, 0.25) is 5.15 Å². The Balaban J connectivity index is 2.19. The van der Waals surface area contributed by atoms with Gasteiger partial charge in [0.1, 0.15) is 10.9 Å². The molecular weight excluding hydrogens is 228 g/mol. The van der Waals surface area contributed by atoms with Crippen molar-refractivity contribution in [2.24, 2.45) is 0 Å². The van der Waals surface area contributed by atoms with Crippen LogP contribution in [0.25, 0.3) is 0 Å². The molecule has 1 aliphatic rings. The number of aliphatic hydroxyl groups is 1. The lowest BCUT2D eigenvalue weighted by atomic mass is 10.1. The molecular formula is C11H15ClN2O2. The second kappa shape index (κ2) is 4.89. The standard InChI is InChI=1S/C11H15ClN2O2/c1-16-10-6-11(12)13-7-9(10)14-4-2-8(15)3-5-14/h6-8,15H,2-5H2,1H3. The van der Waals surface area contributed by atoms with Crippen molar-refractivity contribution in [1.82, 2.24) is 4.98 Å². The van der Waals surface area contributed by atoms with E-state index in [0.717, 1.165) is 37.4 Å². The highest BCUT2D eigenvalue weighted by Gasteiger charge is 2.20. The van der Waals surface area contributed by atoms with Gasteiger partial charge < -0.3 is 14.7 Å². The molecule has 2 heterocycles. The molecule has 0 atom stereocenters. The van der Waals surface area contributed by atoms with E-state index in [2.05, 4.69) is 9.88 Å². The summed E-state index contributed by atoms with van der Waals surface area (Å²) in [5.74, 6) is 0.733. The number of rotatable bonds is 2. The van der Waals surface area contributed by atoms with Crippen molar-refractivity contribution in [1.29, 1.82) is 0 Å². The Hall–Kier alpha value is -1.00. The predicted molar refractivity (Wildman–Crippen MR) is 63.3 cm³/mol. The highest BCUT2D eigenvalue weighted by molar-refractivity contribution is 6.29. The third-order valence-electron chi connectivity index (χ3n) is 2.84. The van der Waals surface area contributed by atoms with E-state index in [0.29, 0.717) is 5.15 Å². The Morgan fingerprint density at radius 2 is 2.19 bits per heavy atom. The van der Waals surface area contributed by atoms with Crippen molar-refractivity contribution in [3.05, 3.63) is 17.4 Å². The summed E-state index contributed by atoms with van der Waals surface area (Å²) in [5.41, 5.74) is 0.943. The first-order valence-corrected chi connectivity index (χ1v) is 5.71. The number of hydrogen-bond donors (Lipinski definition) is 1. The van der Waals surface area contributed by atoms with Gasteiger partial charge in [-0.1, -0.05) is 11.6 Å². The van der Waals surface area contributed by atoms with Crippen molar-refractivity contribution in [2.45, 2.75) is 18.9 Å². The third-order valence-corrected chi connectivity index (χ3v) is 3.04. The minimum atomic E-state index is -0.178. The van der Waals surface area contributed by atoms with Gasteiger partial charge in [0.05, 0.1) is 25.1 Å². The van der Waals surface area contributed by atoms with Gasteiger partial charge in [-0.05, 0) is 12.8 Å². The van der Waals surface area contributed by atoms with Crippen LogP contribution in [-0.2, 0) is 0 Å². The summed E-state index contributed by atoms with van der Waals surface area (Å²) in [6.07, 6.45) is 3.11. The highest BCUT2D eigenvalue weighted by atomic mass is 35.5. The molecule has 1 saturated heterocycles. The summed E-state index contributed by atoms with van der Waals surface area (Å²) in [6.45, 7) is 1.64. The monoisotopic (exact) mass is 242 g/mol. The molecule has 1 N–H and O–H groups in total. The molecule has 1 aliphatic heterocycles. The van der Waals surface area contributed by atoms with Crippen molar-refractivity contribution in [2.75, 3.05) is 25.1 Å². The summed E-state index contributed by atoms with van der Waals surface area (Å²) >= 11 is 5.81. The van der Waals surface area contributed by atoms with Crippen LogP contribution in [0.5, 0.6) is 5.75 Å². The molecule has 16 heavy (non-hydrogen) atoms. The summed E-state index contributed by atoms with van der Waals surface area (Å²) in [5, 5.41) is 9.88. The molecule has 0 aromatic carbocycles. The maximum absolute atomic E-state index is 9.45. The van der Waals surface area contributed by atoms with Gasteiger partial charge in [0.25, 0.3) is 0 Å². The van der Waals surface area contributed by atoms with Crippen molar-refractivity contribution >= 4 is 17.3 Å². The molecule has 1 fully saturated rings. The largest absolute Gasteiger partial charge is 0.494 e. The number of halogens is 1. The first kappa shape index (κ1) is 11.5. The molecule has 0 radical (unpaired) electrons. The zero-order chi connectivity index (χ0) is 11.5. The fourth-order valence-electron chi connectivity index (χ4n) is 1.91. The fraction of sp³-hybridized carbons (Fsp3) is 0.545. The number of aliphatic hydroxyl groups excluding tert-OH is 1. The minimum absolute atomic E-state index is 0.178. The molecule has 0 amide bonds. The van der Waals surface area contributed by atoms with E-state index < -0.39 is 0 Å². The second-order valence-electron chi connectivity index (χ2n) is 3.90.